The van der Waals surface area contributed by atoms with Crippen molar-refractivity contribution in [3.63, 3.8) is 0 Å². The number of hydrogen-bond acceptors (Lipinski definition) is 6. The molecule has 0 aliphatic carbocycles. The molecule has 0 aliphatic heterocycles. The summed E-state index contributed by atoms with van der Waals surface area (Å²) in [6.07, 6.45) is 3.53. The van der Waals surface area contributed by atoms with Gasteiger partial charge in [-0.3, -0.25) is 14.3 Å². The Hall–Kier alpha value is -3.41. The average Bonchev–Trinajstić information content (AvgIpc) is 3.65. The van der Waals surface area contributed by atoms with Crippen LogP contribution in [0, 0.1) is 0 Å². The van der Waals surface area contributed by atoms with E-state index in [1.54, 1.807) is 9.08 Å². The van der Waals surface area contributed by atoms with Crippen LogP contribution in [0.2, 0.25) is 0 Å². The molecule has 0 spiro atoms. The zero-order valence-corrected chi connectivity index (χ0v) is 27.3. The largest absolute Gasteiger partial charge is 0.439 e. The summed E-state index contributed by atoms with van der Waals surface area (Å²) in [6, 6.07) is 23.8. The molecule has 0 saturated heterocycles. The number of aromatic amines is 1. The van der Waals surface area contributed by atoms with Gasteiger partial charge < -0.3 is 0 Å². The molecule has 0 unspecified atom stereocenters. The second-order valence-electron chi connectivity index (χ2n) is 10.4. The Balaban J connectivity index is 0.00000353. The molecule has 3 aromatic carbocycles. The fraction of sp³-hybridized carbons (Fsp3) is 0.219. The summed E-state index contributed by atoms with van der Waals surface area (Å²) < 4.78 is 8.18. The van der Waals surface area contributed by atoms with Gasteiger partial charge in [-0.05, 0) is 46.7 Å². The van der Waals surface area contributed by atoms with Gasteiger partial charge in [0.25, 0.3) is 5.56 Å². The van der Waals surface area contributed by atoms with Gasteiger partial charge in [0, 0.05) is 68.9 Å². The maximum atomic E-state index is 14.1. The fourth-order valence-corrected chi connectivity index (χ4v) is 5.26. The summed E-state index contributed by atoms with van der Waals surface area (Å²) in [5.74, 6) is 0.683. The molecule has 0 aliphatic rings. The van der Waals surface area contributed by atoms with Crippen molar-refractivity contribution in [2.24, 2.45) is 0 Å². The topological polar surface area (TPSA) is 111 Å². The van der Waals surface area contributed by atoms with Gasteiger partial charge >= 0.3 is 5.76 Å². The molecule has 0 saturated carbocycles. The van der Waals surface area contributed by atoms with Crippen LogP contribution >= 0.6 is 0 Å². The van der Waals surface area contributed by atoms with Gasteiger partial charge in [-0.15, -0.1) is 0 Å². The first-order valence-corrected chi connectivity index (χ1v) is 13.8. The minimum atomic E-state index is -0.598. The van der Waals surface area contributed by atoms with Crippen molar-refractivity contribution in [3.05, 3.63) is 122 Å². The summed E-state index contributed by atoms with van der Waals surface area (Å²) in [5.41, 5.74) is 7.09. The Labute approximate surface area is 285 Å². The molecule has 0 fully saturated rings. The third kappa shape index (κ3) is 5.77. The van der Waals surface area contributed by atoms with Crippen LogP contribution in [-0.4, -0.2) is 80.7 Å². The Morgan fingerprint density at radius 1 is 0.929 bits per heavy atom. The molecule has 1 radical (unpaired) electrons. The van der Waals surface area contributed by atoms with E-state index in [2.05, 4.69) is 53.1 Å². The van der Waals surface area contributed by atoms with E-state index in [1.165, 1.54) is 11.9 Å². The molecule has 6 rings (SSSR count). The number of aryl methyl sites for hydroxylation is 1. The van der Waals surface area contributed by atoms with E-state index in [9.17, 15) is 9.59 Å². The zero-order valence-electron chi connectivity index (χ0n) is 24.2. The second-order valence-corrected chi connectivity index (χ2v) is 10.4. The predicted octanol–water partition coefficient (Wildman–Crippen LogP) is 5.18. The van der Waals surface area contributed by atoms with Gasteiger partial charge in [-0.1, -0.05) is 93.0 Å². The summed E-state index contributed by atoms with van der Waals surface area (Å²) in [5, 5.41) is 8.37. The van der Waals surface area contributed by atoms with Gasteiger partial charge in [0.2, 0.25) is 5.78 Å². The maximum Gasteiger partial charge on any atom is 0.439 e. The molecule has 3 aromatic heterocycles. The minimum absolute atomic E-state index is 0. The third-order valence-electron chi connectivity index (χ3n) is 7.37. The van der Waals surface area contributed by atoms with E-state index >= 15 is 0 Å². The molecular formula is C32H30KN6O3. The van der Waals surface area contributed by atoms with Crippen molar-refractivity contribution in [2.75, 3.05) is 0 Å². The van der Waals surface area contributed by atoms with Gasteiger partial charge in [-0.2, -0.15) is 10.1 Å². The average molecular weight is 586 g/mol. The van der Waals surface area contributed by atoms with E-state index in [1.807, 2.05) is 60.7 Å². The first-order valence-electron chi connectivity index (χ1n) is 13.8. The van der Waals surface area contributed by atoms with Crippen LogP contribution in [0.4, 0.5) is 0 Å². The Morgan fingerprint density at radius 2 is 1.64 bits per heavy atom. The number of hydrogen-bond donors (Lipinski definition) is 1. The van der Waals surface area contributed by atoms with Crippen LogP contribution < -0.4 is 11.3 Å². The van der Waals surface area contributed by atoms with Gasteiger partial charge in [0.1, 0.15) is 6.33 Å². The van der Waals surface area contributed by atoms with Crippen LogP contribution in [0.25, 0.3) is 34.0 Å². The second kappa shape index (κ2) is 12.8. The SMILES string of the molecule is CCCc1c(Cc2ccc(-c3ccccc3-c3noc(=O)[nH]3)cc2)c(=O)n(-c2ccc(C(C)C)cc2)c2ncnn12.[K]. The standard InChI is InChI=1S/C32H30N6O3.K/c1-4-7-28-27(30(39)37(31-33-19-34-38(28)31)24-16-14-22(15-17-24)20(2)3)18-21-10-12-23(13-11-21)25-8-5-6-9-26(25)29-35-32(40)41-36-29;/h5-6,8-17,19-20H,4,7,18H2,1-3H3,(H,35,36,40);. The van der Waals surface area contributed by atoms with Gasteiger partial charge in [-0.25, -0.2) is 13.9 Å². The molecule has 1 N–H and O–H groups in total. The van der Waals surface area contributed by atoms with Crippen molar-refractivity contribution in [2.45, 2.75) is 46.0 Å². The number of rotatable bonds is 8. The van der Waals surface area contributed by atoms with Crippen LogP contribution in [0.1, 0.15) is 55.5 Å². The first kappa shape index (κ1) is 30.1. The summed E-state index contributed by atoms with van der Waals surface area (Å²) >= 11 is 0. The van der Waals surface area contributed by atoms with E-state index in [0.29, 0.717) is 35.9 Å². The van der Waals surface area contributed by atoms with E-state index in [-0.39, 0.29) is 56.9 Å². The van der Waals surface area contributed by atoms with Crippen LogP contribution in [-0.2, 0) is 12.8 Å². The number of benzene rings is 3. The maximum absolute atomic E-state index is 14.1. The molecule has 9 nitrogen and oxygen atoms in total. The molecule has 42 heavy (non-hydrogen) atoms. The van der Waals surface area contributed by atoms with Crippen molar-refractivity contribution in [1.82, 2.24) is 29.3 Å². The van der Waals surface area contributed by atoms with Gasteiger partial charge in [0.15, 0.2) is 5.82 Å². The molecule has 0 bridgehead atoms. The van der Waals surface area contributed by atoms with Crippen molar-refractivity contribution in [3.8, 4) is 28.2 Å². The third-order valence-corrected chi connectivity index (χ3v) is 7.37. The molecule has 6 aromatic rings. The Morgan fingerprint density at radius 3 is 2.29 bits per heavy atom. The first-order chi connectivity index (χ1) is 19.9. The monoisotopic (exact) mass is 585 g/mol. The van der Waals surface area contributed by atoms with Crippen molar-refractivity contribution < 1.29 is 4.52 Å². The number of aromatic nitrogens is 6. The van der Waals surface area contributed by atoms with Crippen LogP contribution in [0.5, 0.6) is 0 Å². The minimum Gasteiger partial charge on any atom is -0.296 e. The number of fused-ring (bicyclic) bond motifs is 1. The van der Waals surface area contributed by atoms with Crippen molar-refractivity contribution >= 4 is 57.2 Å². The summed E-state index contributed by atoms with van der Waals surface area (Å²) in [4.78, 5) is 32.8. The van der Waals surface area contributed by atoms with Crippen LogP contribution in [0.15, 0.2) is 93.2 Å². The molecule has 10 heteroatoms. The normalized spacial score (nSPS) is 11.2. The number of nitrogens with one attached hydrogen (secondary N) is 1. The molecular weight excluding hydrogens is 555 g/mol. The van der Waals surface area contributed by atoms with Crippen LogP contribution in [0.3, 0.4) is 0 Å². The van der Waals surface area contributed by atoms with E-state index in [0.717, 1.165) is 40.1 Å². The summed E-state index contributed by atoms with van der Waals surface area (Å²) in [6.45, 7) is 6.39. The number of H-pyrrole nitrogens is 1. The Kier molecular flexibility index (Phi) is 9.19. The molecule has 3 heterocycles. The summed E-state index contributed by atoms with van der Waals surface area (Å²) in [7, 11) is 0. The molecule has 0 atom stereocenters. The number of nitrogens with zero attached hydrogens (tertiary/aromatic N) is 5. The van der Waals surface area contributed by atoms with Gasteiger partial charge in [0.05, 0.1) is 11.4 Å². The van der Waals surface area contributed by atoms with Crippen molar-refractivity contribution in [1.29, 1.82) is 0 Å². The Bertz CT molecular complexity index is 1950. The fourth-order valence-electron chi connectivity index (χ4n) is 5.26. The smallest absolute Gasteiger partial charge is 0.296 e. The van der Waals surface area contributed by atoms with E-state index in [4.69, 9.17) is 4.52 Å². The van der Waals surface area contributed by atoms with E-state index < -0.39 is 5.76 Å². The predicted molar refractivity (Wildman–Crippen MR) is 163 cm³/mol. The zero-order chi connectivity index (χ0) is 28.5. The molecule has 0 amide bonds. The quantitative estimate of drug-likeness (QED) is 0.247. The molecule has 207 valence electrons.